The number of aryl methyl sites for hydroxylation is 1. The Morgan fingerprint density at radius 3 is 2.74 bits per heavy atom. The van der Waals surface area contributed by atoms with Crippen LogP contribution in [0.4, 0.5) is 5.69 Å². The van der Waals surface area contributed by atoms with Gasteiger partial charge in [-0.3, -0.25) is 9.48 Å². The number of fused-ring (bicyclic) bond motifs is 1. The fourth-order valence-electron chi connectivity index (χ4n) is 5.72. The smallest absolute Gasteiger partial charge is 0.225 e. The van der Waals surface area contributed by atoms with E-state index in [-0.39, 0.29) is 17.9 Å². The first-order valence-electron chi connectivity index (χ1n) is 13.8. The summed E-state index contributed by atoms with van der Waals surface area (Å²) in [4.78, 5) is 18.1. The van der Waals surface area contributed by atoms with E-state index < -0.39 is 12.1 Å². The van der Waals surface area contributed by atoms with Gasteiger partial charge in [-0.05, 0) is 81.1 Å². The summed E-state index contributed by atoms with van der Waals surface area (Å²) in [5.41, 5.74) is 2.89. The summed E-state index contributed by atoms with van der Waals surface area (Å²) in [7, 11) is 1.94. The predicted molar refractivity (Wildman–Crippen MR) is 149 cm³/mol. The lowest BCUT2D eigenvalue weighted by Crippen LogP contribution is -2.48. The van der Waals surface area contributed by atoms with Crippen LogP contribution in [-0.2, 0) is 11.8 Å². The molecule has 1 aromatic heterocycles. The van der Waals surface area contributed by atoms with Crippen molar-refractivity contribution in [2.24, 2.45) is 13.0 Å². The monoisotopic (exact) mass is 537 g/mol. The van der Waals surface area contributed by atoms with E-state index in [4.69, 9.17) is 16.3 Å². The van der Waals surface area contributed by atoms with Crippen molar-refractivity contribution in [3.63, 3.8) is 0 Å². The number of benzene rings is 2. The normalized spacial score (nSPS) is 21.7. The first kappa shape index (κ1) is 25.5. The average molecular weight is 538 g/mol. The molecule has 2 aliphatic heterocycles. The quantitative estimate of drug-likeness (QED) is 0.431. The standard InChI is InChI=1S/C29H36ClN5O3/c1-33-26-8-5-22(14-21(26)16-31-33)35-13-10-20(17-35)29(37)32-25(18-34-11-2-3-12-34)28(36)19-4-9-27(24(30)15-19)38-23-6-7-23/h4-5,8-9,14-16,20,23,25,28,36H,2-3,6-7,10-13,17-18H2,1H3,(H,32,37)/t20?,25-,28-/m1/s1. The summed E-state index contributed by atoms with van der Waals surface area (Å²) in [6.45, 7) is 4.06. The first-order valence-corrected chi connectivity index (χ1v) is 14.2. The highest BCUT2D eigenvalue weighted by molar-refractivity contribution is 6.32. The van der Waals surface area contributed by atoms with Gasteiger partial charge in [0.2, 0.25) is 5.91 Å². The molecule has 1 amide bonds. The first-order chi connectivity index (χ1) is 18.4. The molecule has 0 radical (unpaired) electrons. The van der Waals surface area contributed by atoms with Crippen molar-refractivity contribution in [3.8, 4) is 5.75 Å². The van der Waals surface area contributed by atoms with E-state index >= 15 is 0 Å². The SMILES string of the molecule is Cn1ncc2cc(N3CCC(C(=O)N[C@H](CN4CCCC4)[C@H](O)c4ccc(OC5CC5)c(Cl)c4)C3)ccc21. The number of halogens is 1. The van der Waals surface area contributed by atoms with Crippen LogP contribution in [-0.4, -0.2) is 70.6 Å². The van der Waals surface area contributed by atoms with Crippen molar-refractivity contribution in [2.45, 2.75) is 50.4 Å². The summed E-state index contributed by atoms with van der Waals surface area (Å²) >= 11 is 6.50. The third-order valence-corrected chi connectivity index (χ3v) is 8.43. The number of aliphatic hydroxyl groups excluding tert-OH is 1. The highest BCUT2D eigenvalue weighted by atomic mass is 35.5. The number of nitrogens with one attached hydrogen (secondary N) is 1. The van der Waals surface area contributed by atoms with Crippen LogP contribution in [0.2, 0.25) is 5.02 Å². The Morgan fingerprint density at radius 2 is 1.97 bits per heavy atom. The molecular weight excluding hydrogens is 502 g/mol. The zero-order valence-corrected chi connectivity index (χ0v) is 22.6. The average Bonchev–Trinajstić information content (AvgIpc) is 3.27. The number of hydrogen-bond donors (Lipinski definition) is 2. The lowest BCUT2D eigenvalue weighted by atomic mass is 10.00. The maximum Gasteiger partial charge on any atom is 0.225 e. The number of likely N-dealkylation sites (tertiary alicyclic amines) is 1. The molecule has 0 bridgehead atoms. The van der Waals surface area contributed by atoms with Gasteiger partial charge in [0.1, 0.15) is 11.9 Å². The lowest BCUT2D eigenvalue weighted by Gasteiger charge is -2.30. The van der Waals surface area contributed by atoms with Crippen LogP contribution < -0.4 is 15.0 Å². The summed E-state index contributed by atoms with van der Waals surface area (Å²) in [5, 5.41) is 20.6. The molecule has 9 heteroatoms. The minimum absolute atomic E-state index is 0.00186. The van der Waals surface area contributed by atoms with Gasteiger partial charge in [-0.25, -0.2) is 0 Å². The van der Waals surface area contributed by atoms with E-state index in [0.29, 0.717) is 29.4 Å². The summed E-state index contributed by atoms with van der Waals surface area (Å²) in [6, 6.07) is 11.4. The lowest BCUT2D eigenvalue weighted by molar-refractivity contribution is -0.126. The molecule has 3 heterocycles. The summed E-state index contributed by atoms with van der Waals surface area (Å²) in [5.74, 6) is 0.518. The molecule has 38 heavy (non-hydrogen) atoms. The minimum Gasteiger partial charge on any atom is -0.489 e. The van der Waals surface area contributed by atoms with E-state index in [2.05, 4.69) is 38.4 Å². The number of ether oxygens (including phenoxy) is 1. The molecule has 2 aromatic carbocycles. The molecule has 2 saturated heterocycles. The molecule has 2 N–H and O–H groups in total. The van der Waals surface area contributed by atoms with E-state index in [1.165, 1.54) is 0 Å². The molecule has 1 unspecified atom stereocenters. The number of rotatable bonds is 9. The van der Waals surface area contributed by atoms with Crippen molar-refractivity contribution >= 4 is 34.1 Å². The molecule has 6 rings (SSSR count). The van der Waals surface area contributed by atoms with E-state index in [1.54, 1.807) is 6.07 Å². The zero-order chi connectivity index (χ0) is 26.2. The van der Waals surface area contributed by atoms with Crippen LogP contribution in [0, 0.1) is 5.92 Å². The number of anilines is 1. The zero-order valence-electron chi connectivity index (χ0n) is 21.9. The highest BCUT2D eigenvalue weighted by Crippen LogP contribution is 2.34. The number of hydrogen-bond acceptors (Lipinski definition) is 6. The fraction of sp³-hybridized carbons (Fsp3) is 0.517. The Balaban J connectivity index is 1.14. The van der Waals surface area contributed by atoms with Gasteiger partial charge in [0.25, 0.3) is 0 Å². The number of amides is 1. The molecule has 0 spiro atoms. The van der Waals surface area contributed by atoms with E-state index in [0.717, 1.165) is 68.3 Å². The molecule has 1 saturated carbocycles. The van der Waals surface area contributed by atoms with Gasteiger partial charge in [0.15, 0.2) is 0 Å². The Labute approximate surface area is 228 Å². The van der Waals surface area contributed by atoms with E-state index in [9.17, 15) is 9.90 Å². The Kier molecular flexibility index (Phi) is 7.20. The second-order valence-electron chi connectivity index (χ2n) is 11.0. The second-order valence-corrected chi connectivity index (χ2v) is 11.4. The molecule has 3 fully saturated rings. The van der Waals surface area contributed by atoms with Crippen LogP contribution in [0.5, 0.6) is 5.75 Å². The van der Waals surface area contributed by atoms with Crippen LogP contribution >= 0.6 is 11.6 Å². The van der Waals surface area contributed by atoms with Gasteiger partial charge in [-0.1, -0.05) is 17.7 Å². The molecule has 3 aliphatic rings. The predicted octanol–water partition coefficient (Wildman–Crippen LogP) is 3.91. The van der Waals surface area contributed by atoms with Gasteiger partial charge in [0, 0.05) is 37.8 Å². The number of carbonyl (C=O) groups is 1. The third-order valence-electron chi connectivity index (χ3n) is 8.13. The van der Waals surface area contributed by atoms with Crippen molar-refractivity contribution in [2.75, 3.05) is 37.6 Å². The maximum absolute atomic E-state index is 13.5. The van der Waals surface area contributed by atoms with Gasteiger partial charge in [-0.15, -0.1) is 0 Å². The Hall–Kier alpha value is -2.81. The van der Waals surface area contributed by atoms with Crippen LogP contribution in [0.3, 0.4) is 0 Å². The molecule has 202 valence electrons. The number of carbonyl (C=O) groups excluding carboxylic acids is 1. The number of aromatic nitrogens is 2. The highest BCUT2D eigenvalue weighted by Gasteiger charge is 2.33. The maximum atomic E-state index is 13.5. The number of nitrogens with zero attached hydrogens (tertiary/aromatic N) is 4. The van der Waals surface area contributed by atoms with Gasteiger partial charge < -0.3 is 25.0 Å². The van der Waals surface area contributed by atoms with Crippen molar-refractivity contribution in [1.29, 1.82) is 0 Å². The van der Waals surface area contributed by atoms with E-state index in [1.807, 2.05) is 30.1 Å². The van der Waals surface area contributed by atoms with Gasteiger partial charge >= 0.3 is 0 Å². The molecule has 3 atom stereocenters. The van der Waals surface area contributed by atoms with Crippen molar-refractivity contribution in [1.82, 2.24) is 20.0 Å². The third kappa shape index (κ3) is 5.48. The van der Waals surface area contributed by atoms with Crippen LogP contribution in [0.25, 0.3) is 10.9 Å². The number of aliphatic hydroxyl groups is 1. The Morgan fingerprint density at radius 1 is 1.16 bits per heavy atom. The largest absolute Gasteiger partial charge is 0.489 e. The van der Waals surface area contributed by atoms with Crippen LogP contribution in [0.1, 0.15) is 43.8 Å². The summed E-state index contributed by atoms with van der Waals surface area (Å²) in [6.07, 6.45) is 6.45. The topological polar surface area (TPSA) is 82.9 Å². The Bertz CT molecular complexity index is 1300. The molecule has 8 nitrogen and oxygen atoms in total. The fourth-order valence-corrected chi connectivity index (χ4v) is 5.95. The van der Waals surface area contributed by atoms with Crippen molar-refractivity contribution in [3.05, 3.63) is 53.2 Å². The van der Waals surface area contributed by atoms with Gasteiger partial charge in [-0.2, -0.15) is 5.10 Å². The molecular formula is C29H36ClN5O3. The summed E-state index contributed by atoms with van der Waals surface area (Å²) < 4.78 is 7.73. The molecule has 3 aromatic rings. The van der Waals surface area contributed by atoms with Crippen LogP contribution in [0.15, 0.2) is 42.6 Å². The minimum atomic E-state index is -0.863. The van der Waals surface area contributed by atoms with Crippen molar-refractivity contribution < 1.29 is 14.6 Å². The second kappa shape index (κ2) is 10.8. The molecule has 1 aliphatic carbocycles. The van der Waals surface area contributed by atoms with Gasteiger partial charge in [0.05, 0.1) is 34.8 Å².